The van der Waals surface area contributed by atoms with E-state index >= 15 is 0 Å². The van der Waals surface area contributed by atoms with Gasteiger partial charge in [0.2, 0.25) is 0 Å². The van der Waals surface area contributed by atoms with Crippen LogP contribution in [0.5, 0.6) is 0 Å². The molecule has 1 saturated heterocycles. The normalized spacial score (nSPS) is 21.8. The Morgan fingerprint density at radius 2 is 2.08 bits per heavy atom. The Morgan fingerprint density at radius 3 is 2.75 bits per heavy atom. The van der Waals surface area contributed by atoms with Crippen LogP contribution < -0.4 is 5.43 Å². The predicted molar refractivity (Wildman–Crippen MR) is 55.3 cm³/mol. The molecular formula is C7H14ClN3S. The van der Waals surface area contributed by atoms with Crippen LogP contribution in [0, 0.1) is 0 Å². The van der Waals surface area contributed by atoms with Gasteiger partial charge in [-0.2, -0.15) is 0 Å². The quantitative estimate of drug-likeness (QED) is 0.387. The van der Waals surface area contributed by atoms with Gasteiger partial charge in [-0.1, -0.05) is 11.6 Å². The summed E-state index contributed by atoms with van der Waals surface area (Å²) < 4.78 is 0.333. The second-order valence-electron chi connectivity index (χ2n) is 3.03. The number of halogens is 1. The molecule has 1 heterocycles. The molecule has 0 aromatic heterocycles. The molecule has 0 radical (unpaired) electrons. The molecule has 1 fully saturated rings. The lowest BCUT2D eigenvalue weighted by atomic mass is 10.4. The van der Waals surface area contributed by atoms with Gasteiger partial charge < -0.3 is 4.90 Å². The first kappa shape index (κ1) is 10.2. The SMILES string of the molecule is CN1CCCN(NC(=S)Cl)CC1. The summed E-state index contributed by atoms with van der Waals surface area (Å²) in [5.41, 5.74) is 2.95. The van der Waals surface area contributed by atoms with E-state index in [0.29, 0.717) is 4.45 Å². The van der Waals surface area contributed by atoms with Crippen LogP contribution in [-0.4, -0.2) is 47.6 Å². The third-order valence-corrected chi connectivity index (χ3v) is 2.14. The monoisotopic (exact) mass is 207 g/mol. The van der Waals surface area contributed by atoms with Gasteiger partial charge in [-0.25, -0.2) is 5.01 Å². The van der Waals surface area contributed by atoms with Crippen molar-refractivity contribution < 1.29 is 0 Å². The maximum Gasteiger partial charge on any atom is 0.181 e. The minimum Gasteiger partial charge on any atom is -0.305 e. The van der Waals surface area contributed by atoms with E-state index in [9.17, 15) is 0 Å². The Kier molecular flexibility index (Phi) is 4.21. The summed E-state index contributed by atoms with van der Waals surface area (Å²) in [5.74, 6) is 0. The van der Waals surface area contributed by atoms with Crippen LogP contribution >= 0.6 is 23.8 Å². The molecule has 70 valence electrons. The molecule has 5 heteroatoms. The van der Waals surface area contributed by atoms with Crippen molar-refractivity contribution in [2.24, 2.45) is 0 Å². The van der Waals surface area contributed by atoms with Crippen molar-refractivity contribution in [2.45, 2.75) is 6.42 Å². The van der Waals surface area contributed by atoms with E-state index in [4.69, 9.17) is 23.8 Å². The summed E-state index contributed by atoms with van der Waals surface area (Å²) in [6.07, 6.45) is 1.16. The second-order valence-corrected chi connectivity index (χ2v) is 4.04. The Balaban J connectivity index is 2.30. The van der Waals surface area contributed by atoms with E-state index in [1.165, 1.54) is 0 Å². The zero-order valence-electron chi connectivity index (χ0n) is 7.22. The van der Waals surface area contributed by atoms with E-state index in [-0.39, 0.29) is 0 Å². The van der Waals surface area contributed by atoms with Crippen LogP contribution in [0.4, 0.5) is 0 Å². The molecule has 12 heavy (non-hydrogen) atoms. The average Bonchev–Trinajstić information content (AvgIpc) is 2.15. The van der Waals surface area contributed by atoms with E-state index in [1.807, 2.05) is 0 Å². The fourth-order valence-electron chi connectivity index (χ4n) is 1.28. The van der Waals surface area contributed by atoms with Crippen LogP contribution in [0.2, 0.25) is 0 Å². The molecule has 0 unspecified atom stereocenters. The highest BCUT2D eigenvalue weighted by atomic mass is 35.5. The molecule has 0 bridgehead atoms. The summed E-state index contributed by atoms with van der Waals surface area (Å²) in [4.78, 5) is 2.30. The zero-order valence-corrected chi connectivity index (χ0v) is 8.79. The van der Waals surface area contributed by atoms with Gasteiger partial charge >= 0.3 is 0 Å². The topological polar surface area (TPSA) is 18.5 Å². The van der Waals surface area contributed by atoms with Gasteiger partial charge in [0.25, 0.3) is 0 Å². The summed E-state index contributed by atoms with van der Waals surface area (Å²) in [6.45, 7) is 4.19. The Labute approximate surface area is 83.6 Å². The van der Waals surface area contributed by atoms with Crippen molar-refractivity contribution in [3.8, 4) is 0 Å². The van der Waals surface area contributed by atoms with Crippen LogP contribution in [0.3, 0.4) is 0 Å². The lowest BCUT2D eigenvalue weighted by molar-refractivity contribution is 0.244. The van der Waals surface area contributed by atoms with Crippen molar-refractivity contribution in [3.05, 3.63) is 0 Å². The summed E-state index contributed by atoms with van der Waals surface area (Å²) in [6, 6.07) is 0. The fraction of sp³-hybridized carbons (Fsp3) is 0.857. The molecule has 0 aliphatic carbocycles. The lowest BCUT2D eigenvalue weighted by Crippen LogP contribution is -2.41. The van der Waals surface area contributed by atoms with E-state index in [0.717, 1.165) is 32.6 Å². The standard InChI is InChI=1S/C7H14ClN3S/c1-10-3-2-4-11(6-5-10)9-7(8)12/h2-6H2,1H3,(H,9,12). The number of nitrogens with one attached hydrogen (secondary N) is 1. The van der Waals surface area contributed by atoms with Crippen molar-refractivity contribution in [2.75, 3.05) is 33.2 Å². The maximum atomic E-state index is 5.57. The molecular weight excluding hydrogens is 194 g/mol. The molecule has 0 aromatic carbocycles. The summed E-state index contributed by atoms with van der Waals surface area (Å²) >= 11 is 10.3. The van der Waals surface area contributed by atoms with Crippen LogP contribution in [0.1, 0.15) is 6.42 Å². The van der Waals surface area contributed by atoms with Crippen LogP contribution in [-0.2, 0) is 0 Å². The smallest absolute Gasteiger partial charge is 0.181 e. The molecule has 0 amide bonds. The second kappa shape index (κ2) is 4.97. The minimum atomic E-state index is 0.333. The Bertz CT molecular complexity index is 165. The first-order valence-electron chi connectivity index (χ1n) is 4.08. The third-order valence-electron chi connectivity index (χ3n) is 1.97. The first-order chi connectivity index (χ1) is 5.68. The van der Waals surface area contributed by atoms with Gasteiger partial charge in [-0.3, -0.25) is 5.43 Å². The fourth-order valence-corrected chi connectivity index (χ4v) is 1.53. The van der Waals surface area contributed by atoms with Gasteiger partial charge in [0, 0.05) is 19.6 Å². The molecule has 1 aliphatic heterocycles. The molecule has 0 atom stereocenters. The largest absolute Gasteiger partial charge is 0.305 e. The Morgan fingerprint density at radius 1 is 1.33 bits per heavy atom. The zero-order chi connectivity index (χ0) is 8.97. The van der Waals surface area contributed by atoms with Crippen molar-refractivity contribution in [3.63, 3.8) is 0 Å². The predicted octanol–water partition coefficient (Wildman–Crippen LogP) is 0.652. The summed E-state index contributed by atoms with van der Waals surface area (Å²) in [5, 5.41) is 2.07. The first-order valence-corrected chi connectivity index (χ1v) is 4.87. The number of hydrogen-bond donors (Lipinski definition) is 1. The number of hydrogen-bond acceptors (Lipinski definition) is 3. The molecule has 1 N–H and O–H groups in total. The van der Waals surface area contributed by atoms with Crippen LogP contribution in [0.25, 0.3) is 0 Å². The highest BCUT2D eigenvalue weighted by molar-refractivity contribution is 7.83. The van der Waals surface area contributed by atoms with E-state index < -0.39 is 0 Å². The maximum absolute atomic E-state index is 5.57. The number of rotatable bonds is 1. The number of likely N-dealkylation sites (N-methyl/N-ethyl adjacent to an activating group) is 1. The van der Waals surface area contributed by atoms with Crippen LogP contribution in [0.15, 0.2) is 0 Å². The lowest BCUT2D eigenvalue weighted by Gasteiger charge is -2.20. The number of hydrazine groups is 1. The highest BCUT2D eigenvalue weighted by Gasteiger charge is 2.11. The molecule has 3 nitrogen and oxygen atoms in total. The third kappa shape index (κ3) is 3.67. The van der Waals surface area contributed by atoms with Gasteiger partial charge in [0.1, 0.15) is 0 Å². The van der Waals surface area contributed by atoms with Gasteiger partial charge in [-0.15, -0.1) is 0 Å². The molecule has 0 saturated carbocycles. The van der Waals surface area contributed by atoms with Gasteiger partial charge in [-0.05, 0) is 32.2 Å². The number of nitrogens with zero attached hydrogens (tertiary/aromatic N) is 2. The van der Waals surface area contributed by atoms with Crippen molar-refractivity contribution in [1.29, 1.82) is 0 Å². The van der Waals surface area contributed by atoms with Crippen molar-refractivity contribution in [1.82, 2.24) is 15.3 Å². The highest BCUT2D eigenvalue weighted by Crippen LogP contribution is 1.98. The minimum absolute atomic E-state index is 0.333. The van der Waals surface area contributed by atoms with E-state index in [2.05, 4.69) is 22.4 Å². The molecule has 0 aromatic rings. The molecule has 1 aliphatic rings. The van der Waals surface area contributed by atoms with Gasteiger partial charge in [0.15, 0.2) is 4.45 Å². The Hall–Kier alpha value is 0.1000. The molecule has 0 spiro atoms. The number of thiocarbonyl (C=S) groups is 1. The average molecular weight is 208 g/mol. The van der Waals surface area contributed by atoms with Crippen molar-refractivity contribution >= 4 is 28.3 Å². The van der Waals surface area contributed by atoms with E-state index in [1.54, 1.807) is 0 Å². The van der Waals surface area contributed by atoms with Gasteiger partial charge in [0.05, 0.1) is 0 Å². The molecule has 1 rings (SSSR count). The summed E-state index contributed by atoms with van der Waals surface area (Å²) in [7, 11) is 2.13.